The Balaban J connectivity index is 0.601. The number of hydrogen-bond donors (Lipinski definition) is 3. The van der Waals surface area contributed by atoms with E-state index in [1.165, 1.54) is 20.8 Å². The molecule has 3 amide bonds. The van der Waals surface area contributed by atoms with Crippen molar-refractivity contribution in [3.8, 4) is 35.5 Å². The van der Waals surface area contributed by atoms with E-state index in [9.17, 15) is 39.6 Å². The van der Waals surface area contributed by atoms with Crippen LogP contribution in [0.15, 0.2) is 146 Å². The number of hydroxylamine groups is 3. The average Bonchev–Trinajstić information content (AvgIpc) is 1.71. The van der Waals surface area contributed by atoms with Gasteiger partial charge in [-0.3, -0.25) is 42.0 Å². The van der Waals surface area contributed by atoms with Crippen molar-refractivity contribution in [3.05, 3.63) is 196 Å². The summed E-state index contributed by atoms with van der Waals surface area (Å²) in [5.74, 6) is 17.4. The van der Waals surface area contributed by atoms with Crippen molar-refractivity contribution in [2.24, 2.45) is 0 Å². The summed E-state index contributed by atoms with van der Waals surface area (Å²) >= 11 is 0. The Morgan fingerprint density at radius 3 is 0.902 bits per heavy atom. The van der Waals surface area contributed by atoms with E-state index in [-0.39, 0.29) is 58.7 Å². The molecular weight excluding hydrogens is 1640 g/mol. The van der Waals surface area contributed by atoms with Gasteiger partial charge < -0.3 is 14.2 Å². The highest BCUT2D eigenvalue weighted by molar-refractivity contribution is 7.93. The van der Waals surface area contributed by atoms with E-state index in [0.717, 1.165) is 179 Å². The Labute approximate surface area is 711 Å². The number of nitrogens with zero attached hydrogens (tertiary/aromatic N) is 6. The minimum Gasteiger partial charge on any atom is -0.350 e. The van der Waals surface area contributed by atoms with Gasteiger partial charge in [0.2, 0.25) is 0 Å². The molecule has 9 aromatic rings. The Hall–Kier alpha value is -9.46. The van der Waals surface area contributed by atoms with E-state index in [2.05, 4.69) is 67.3 Å². The van der Waals surface area contributed by atoms with Crippen molar-refractivity contribution in [1.82, 2.24) is 45.8 Å². The normalized spacial score (nSPS) is 20.5. The van der Waals surface area contributed by atoms with E-state index in [1.54, 1.807) is 32.6 Å². The molecule has 32 heteroatoms. The van der Waals surface area contributed by atoms with Gasteiger partial charge in [0.05, 0.1) is 55.0 Å². The maximum atomic E-state index is 15.5. The lowest BCUT2D eigenvalue weighted by atomic mass is 9.96. The fourth-order valence-electron chi connectivity index (χ4n) is 15.4. The standard InChI is InChI=1S/C90H102N9O19PS3/c1-85(120(4,104)105,82(100)94-116-79-13-7-10-52-110-79)46-49-97-76-37-28-67(55-70(76)58-91-97)19-16-64-22-31-73(32-23-64)88(40-41-88)61-113-119(103,114-62-89(42-43-89)74-33-24-65(25-34-74)17-20-68-29-38-77-71(56-68)59-92-98(77)50-47-86(2,121(5,106)107)83(101)95-117-80-14-8-11-53-111-80)115-63-90(44-45-90)75-35-26-66(27-36-75)18-21-69-30-39-78-72(57-69)60-93-99(78)51-48-87(3,122(6,108)109)84(102)96-118-81-15-9-12-54-112-81/h22-39,55-60,79-81H,7-15,40-54,61-63H2,1-6H3,(H,94,100)(H,95,101)(H,96,102). The van der Waals surface area contributed by atoms with E-state index in [1.807, 2.05) is 127 Å². The highest BCUT2D eigenvalue weighted by Gasteiger charge is 2.53. The molecule has 6 atom stereocenters. The second-order valence-corrected chi connectivity index (χ2v) is 42.8. The van der Waals surface area contributed by atoms with Crippen LogP contribution >= 0.6 is 7.82 Å². The second-order valence-electron chi connectivity index (χ2n) is 33.8. The van der Waals surface area contributed by atoms with Gasteiger partial charge in [0, 0.05) is 143 Å². The van der Waals surface area contributed by atoms with Crippen LogP contribution in [0.1, 0.15) is 186 Å². The first-order valence-corrected chi connectivity index (χ1v) is 48.6. The Morgan fingerprint density at radius 2 is 0.664 bits per heavy atom. The van der Waals surface area contributed by atoms with Gasteiger partial charge in [0.25, 0.3) is 17.7 Å². The monoisotopic (exact) mass is 1740 g/mol. The van der Waals surface area contributed by atoms with Gasteiger partial charge >= 0.3 is 7.82 Å². The van der Waals surface area contributed by atoms with Crippen LogP contribution < -0.4 is 16.4 Å². The summed E-state index contributed by atoms with van der Waals surface area (Å²) in [7, 11) is -16.0. The number of aryl methyl sites for hydroxylation is 3. The van der Waals surface area contributed by atoms with Crippen LogP contribution in [0.4, 0.5) is 0 Å². The molecule has 644 valence electrons. The number of carbonyl (C=O) groups excluding carboxylic acids is 3. The Kier molecular flexibility index (Phi) is 25.8. The zero-order valence-electron chi connectivity index (χ0n) is 69.3. The number of carbonyl (C=O) groups is 3. The molecule has 6 fully saturated rings. The van der Waals surface area contributed by atoms with Gasteiger partial charge in [-0.25, -0.2) is 60.8 Å². The van der Waals surface area contributed by atoms with Crippen LogP contribution in [0, 0.1) is 35.5 Å². The van der Waals surface area contributed by atoms with Crippen LogP contribution in [0.25, 0.3) is 32.7 Å². The molecule has 28 nitrogen and oxygen atoms in total. The predicted molar refractivity (Wildman–Crippen MR) is 457 cm³/mol. The van der Waals surface area contributed by atoms with Crippen LogP contribution in [0.3, 0.4) is 0 Å². The maximum Gasteiger partial charge on any atom is 0.474 e. The molecule has 6 unspecified atom stereocenters. The number of aromatic nitrogens is 6. The summed E-state index contributed by atoms with van der Waals surface area (Å²) in [6.07, 6.45) is 17.8. The molecule has 3 N–H and O–H groups in total. The van der Waals surface area contributed by atoms with Crippen LogP contribution in [-0.2, 0) is 127 Å². The minimum atomic E-state index is -4.28. The first-order valence-electron chi connectivity index (χ1n) is 41.4. The number of nitrogens with one attached hydrogen (secondary N) is 3. The number of fused-ring (bicyclic) bond motifs is 3. The summed E-state index contributed by atoms with van der Waals surface area (Å²) < 4.78 is 130. The van der Waals surface area contributed by atoms with E-state index >= 15 is 4.57 Å². The predicted octanol–water partition coefficient (Wildman–Crippen LogP) is 11.9. The zero-order chi connectivity index (χ0) is 85.8. The highest BCUT2D eigenvalue weighted by Crippen LogP contribution is 2.61. The number of benzene rings is 6. The minimum absolute atomic E-state index is 0.0620. The number of phosphoric acid groups is 1. The summed E-state index contributed by atoms with van der Waals surface area (Å²) in [6, 6.07) is 40.9. The van der Waals surface area contributed by atoms with Crippen molar-refractivity contribution in [3.63, 3.8) is 0 Å². The van der Waals surface area contributed by atoms with Crippen molar-refractivity contribution >= 4 is 87.8 Å². The molecule has 3 aliphatic carbocycles. The second kappa shape index (κ2) is 36.0. The molecule has 15 rings (SSSR count). The smallest absolute Gasteiger partial charge is 0.350 e. The third kappa shape index (κ3) is 20.0. The lowest BCUT2D eigenvalue weighted by molar-refractivity contribution is -0.201. The average molecular weight is 1740 g/mol. The van der Waals surface area contributed by atoms with Gasteiger partial charge in [-0.15, -0.1) is 0 Å². The van der Waals surface area contributed by atoms with Crippen molar-refractivity contribution < 1.29 is 86.5 Å². The maximum absolute atomic E-state index is 15.5. The number of amides is 3. The largest absolute Gasteiger partial charge is 0.474 e. The quantitative estimate of drug-likeness (QED) is 0.0195. The Morgan fingerprint density at radius 1 is 0.410 bits per heavy atom. The number of phosphoric ester groups is 1. The first kappa shape index (κ1) is 87.4. The van der Waals surface area contributed by atoms with E-state index < -0.39 is 104 Å². The fourth-order valence-corrected chi connectivity index (χ4v) is 19.3. The van der Waals surface area contributed by atoms with Gasteiger partial charge in [0.1, 0.15) is 0 Å². The van der Waals surface area contributed by atoms with Crippen molar-refractivity contribution in [1.29, 1.82) is 0 Å². The fraction of sp³-hybridized carbons (Fsp3) is 0.467. The topological polar surface area (TPSA) is 343 Å². The van der Waals surface area contributed by atoms with E-state index in [0.29, 0.717) is 39.1 Å². The van der Waals surface area contributed by atoms with Crippen LogP contribution in [0.2, 0.25) is 0 Å². The lowest BCUT2D eigenvalue weighted by Gasteiger charge is -2.28. The molecule has 6 aromatic carbocycles. The molecule has 3 aliphatic heterocycles. The van der Waals surface area contributed by atoms with E-state index in [4.69, 9.17) is 42.3 Å². The summed E-state index contributed by atoms with van der Waals surface area (Å²) in [5, 5.41) is 16.0. The van der Waals surface area contributed by atoms with Gasteiger partial charge in [-0.2, -0.15) is 15.3 Å². The molecule has 6 heterocycles. The molecule has 6 aliphatic rings. The molecule has 0 spiro atoms. The summed E-state index contributed by atoms with van der Waals surface area (Å²) in [4.78, 5) is 56.6. The van der Waals surface area contributed by atoms with Gasteiger partial charge in [-0.05, 0) is 225 Å². The van der Waals surface area contributed by atoms with Gasteiger partial charge in [-0.1, -0.05) is 71.9 Å². The third-order valence-electron chi connectivity index (χ3n) is 25.1. The number of hydrogen-bond acceptors (Lipinski definition) is 22. The summed E-state index contributed by atoms with van der Waals surface area (Å²) in [5.41, 5.74) is 15.4. The third-order valence-corrected chi connectivity index (χ3v) is 32.5. The molecule has 3 aromatic heterocycles. The molecule has 0 bridgehead atoms. The molecule has 3 saturated heterocycles. The van der Waals surface area contributed by atoms with Gasteiger partial charge in [0.15, 0.2) is 62.6 Å². The summed E-state index contributed by atoms with van der Waals surface area (Å²) in [6.45, 7) is 6.30. The van der Waals surface area contributed by atoms with Crippen molar-refractivity contribution in [2.75, 3.05) is 58.4 Å². The molecule has 0 radical (unpaired) electrons. The zero-order valence-corrected chi connectivity index (χ0v) is 72.6. The van der Waals surface area contributed by atoms with Crippen molar-refractivity contribution in [2.45, 2.75) is 205 Å². The number of rotatable bonds is 33. The lowest BCUT2D eigenvalue weighted by Crippen LogP contribution is -2.51. The first-order chi connectivity index (χ1) is 58.3. The number of sulfone groups is 3. The molecule has 122 heavy (non-hydrogen) atoms. The highest BCUT2D eigenvalue weighted by atomic mass is 32.2. The molecule has 3 saturated carbocycles. The van der Waals surface area contributed by atoms with Crippen LogP contribution in [0.5, 0.6) is 0 Å². The Bertz CT molecular complexity index is 5430. The van der Waals surface area contributed by atoms with Crippen LogP contribution in [-0.4, -0.2) is 164 Å². The number of ether oxygens (including phenoxy) is 3. The molecular formula is C90H102N9O19PS3. The SMILES string of the molecule is CC(CCn1ncc2cc(C#Cc3ccc(C4(COP(=O)(OCC5(c6ccc(C#Cc7ccc8c(cnn8CCC(C)(C(=O)NOC8CCCCO8)S(C)(=O)=O)c7)cc6)CC5)OCC5(c6ccc(C#Cc7ccc8c(cnn8CCC(C)(C(=O)NOC8CCCCO8)S(C)(=O)=O)c7)cc6)CC5)CC4)cc3)ccc21)(C(=O)NOC1CCCCO1)S(C)(=O)=O.